The van der Waals surface area contributed by atoms with Gasteiger partial charge in [0.15, 0.2) is 0 Å². The fraction of sp³-hybridized carbons (Fsp3) is 0.176. The van der Waals surface area contributed by atoms with Crippen LogP contribution in [0.5, 0.6) is 0 Å². The molecule has 0 spiro atoms. The first-order valence-corrected chi connectivity index (χ1v) is 7.64. The van der Waals surface area contributed by atoms with Gasteiger partial charge < -0.3 is 5.32 Å². The van der Waals surface area contributed by atoms with Gasteiger partial charge in [-0.1, -0.05) is 17.3 Å². The molecule has 0 atom stereocenters. The Hall–Kier alpha value is -3.23. The Morgan fingerprint density at radius 2 is 1.77 bits per heavy atom. The SMILES string of the molecule is O=C(CCn1nnc2ccccc2c1=O)Nc1ccc(C(F)(F)F)cc1. The smallest absolute Gasteiger partial charge is 0.326 e. The highest BCUT2D eigenvalue weighted by Crippen LogP contribution is 2.29. The number of carbonyl (C=O) groups is 1. The number of fused-ring (bicyclic) bond motifs is 1. The lowest BCUT2D eigenvalue weighted by atomic mass is 10.2. The number of nitrogens with zero attached hydrogens (tertiary/aromatic N) is 3. The molecule has 0 aliphatic rings. The maximum absolute atomic E-state index is 12.5. The lowest BCUT2D eigenvalue weighted by molar-refractivity contribution is -0.137. The van der Waals surface area contributed by atoms with Gasteiger partial charge in [0.05, 0.1) is 17.5 Å². The summed E-state index contributed by atoms with van der Waals surface area (Å²) in [5.74, 6) is -0.452. The van der Waals surface area contributed by atoms with E-state index >= 15 is 0 Å². The van der Waals surface area contributed by atoms with Crippen LogP contribution >= 0.6 is 0 Å². The van der Waals surface area contributed by atoms with E-state index in [0.717, 1.165) is 16.8 Å². The molecule has 0 aliphatic heterocycles. The molecule has 1 aromatic heterocycles. The minimum absolute atomic E-state index is 0.00311. The fourth-order valence-corrected chi connectivity index (χ4v) is 2.34. The molecule has 26 heavy (non-hydrogen) atoms. The van der Waals surface area contributed by atoms with E-state index in [9.17, 15) is 22.8 Å². The highest BCUT2D eigenvalue weighted by Gasteiger charge is 2.29. The maximum atomic E-state index is 12.5. The molecule has 134 valence electrons. The van der Waals surface area contributed by atoms with Crippen LogP contribution in [0.2, 0.25) is 0 Å². The average molecular weight is 362 g/mol. The number of benzene rings is 2. The van der Waals surface area contributed by atoms with Gasteiger partial charge in [-0.05, 0) is 36.4 Å². The topological polar surface area (TPSA) is 76.9 Å². The summed E-state index contributed by atoms with van der Waals surface area (Å²) in [6.07, 6.45) is -4.51. The number of aromatic nitrogens is 3. The molecule has 6 nitrogen and oxygen atoms in total. The molecule has 1 N–H and O–H groups in total. The molecule has 9 heteroatoms. The van der Waals surface area contributed by atoms with E-state index in [1.54, 1.807) is 24.3 Å². The molecule has 3 rings (SSSR count). The van der Waals surface area contributed by atoms with E-state index < -0.39 is 17.6 Å². The quantitative estimate of drug-likeness (QED) is 0.774. The molecular weight excluding hydrogens is 349 g/mol. The zero-order chi connectivity index (χ0) is 18.7. The second-order valence-corrected chi connectivity index (χ2v) is 5.51. The van der Waals surface area contributed by atoms with Gasteiger partial charge in [0.2, 0.25) is 5.91 Å². The van der Waals surface area contributed by atoms with Crippen LogP contribution in [0.15, 0.2) is 53.3 Å². The average Bonchev–Trinajstić information content (AvgIpc) is 2.61. The van der Waals surface area contributed by atoms with E-state index in [2.05, 4.69) is 15.6 Å². The third-order valence-electron chi connectivity index (χ3n) is 3.68. The lowest BCUT2D eigenvalue weighted by Crippen LogP contribution is -2.26. The second kappa shape index (κ2) is 6.95. The van der Waals surface area contributed by atoms with Gasteiger partial charge in [-0.3, -0.25) is 9.59 Å². The number of hydrogen-bond donors (Lipinski definition) is 1. The van der Waals surface area contributed by atoms with E-state index in [0.29, 0.717) is 10.9 Å². The number of nitrogens with one attached hydrogen (secondary N) is 1. The van der Waals surface area contributed by atoms with Gasteiger partial charge in [-0.15, -0.1) is 5.10 Å². The Labute approximate surface area is 145 Å². The molecule has 1 amide bonds. The van der Waals surface area contributed by atoms with Crippen molar-refractivity contribution in [2.75, 3.05) is 5.32 Å². The van der Waals surface area contributed by atoms with Crippen molar-refractivity contribution in [3.63, 3.8) is 0 Å². The standard InChI is InChI=1S/C17H13F3N4O2/c18-17(19,20)11-5-7-12(8-6-11)21-15(25)9-10-24-16(26)13-3-1-2-4-14(13)22-23-24/h1-8H,9-10H2,(H,21,25). The Bertz CT molecular complexity index is 997. The summed E-state index contributed by atoms with van der Waals surface area (Å²) in [6, 6.07) is 10.8. The summed E-state index contributed by atoms with van der Waals surface area (Å²) >= 11 is 0. The Kier molecular flexibility index (Phi) is 4.70. The van der Waals surface area contributed by atoms with Gasteiger partial charge in [0.1, 0.15) is 5.52 Å². The Morgan fingerprint density at radius 3 is 2.46 bits per heavy atom. The number of alkyl halides is 3. The summed E-state index contributed by atoms with van der Waals surface area (Å²) in [5, 5.41) is 10.6. The number of anilines is 1. The first kappa shape index (κ1) is 17.6. The van der Waals surface area contributed by atoms with E-state index in [1.165, 1.54) is 12.1 Å². The molecule has 0 bridgehead atoms. The third-order valence-corrected chi connectivity index (χ3v) is 3.68. The van der Waals surface area contributed by atoms with E-state index in [4.69, 9.17) is 0 Å². The van der Waals surface area contributed by atoms with Crippen LogP contribution in [0.1, 0.15) is 12.0 Å². The van der Waals surface area contributed by atoms with Crippen molar-refractivity contribution in [2.24, 2.45) is 0 Å². The van der Waals surface area contributed by atoms with Gasteiger partial charge in [0.25, 0.3) is 5.56 Å². The maximum Gasteiger partial charge on any atom is 0.416 e. The number of halogens is 3. The van der Waals surface area contributed by atoms with Crippen LogP contribution in [0.4, 0.5) is 18.9 Å². The third kappa shape index (κ3) is 3.88. The molecule has 0 aliphatic carbocycles. The molecule has 3 aromatic rings. The number of rotatable bonds is 4. The molecule has 0 saturated heterocycles. The van der Waals surface area contributed by atoms with Crippen molar-refractivity contribution in [3.8, 4) is 0 Å². The van der Waals surface area contributed by atoms with Crippen molar-refractivity contribution < 1.29 is 18.0 Å². The van der Waals surface area contributed by atoms with Crippen molar-refractivity contribution >= 4 is 22.5 Å². The molecular formula is C17H13F3N4O2. The molecule has 0 fully saturated rings. The van der Waals surface area contributed by atoms with E-state index in [-0.39, 0.29) is 24.2 Å². The summed E-state index contributed by atoms with van der Waals surface area (Å²) in [4.78, 5) is 24.2. The van der Waals surface area contributed by atoms with Crippen molar-refractivity contribution in [1.29, 1.82) is 0 Å². The molecule has 1 heterocycles. The fourth-order valence-electron chi connectivity index (χ4n) is 2.34. The van der Waals surface area contributed by atoms with Crippen LogP contribution in [-0.2, 0) is 17.5 Å². The number of hydrogen-bond acceptors (Lipinski definition) is 4. The highest BCUT2D eigenvalue weighted by atomic mass is 19.4. The largest absolute Gasteiger partial charge is 0.416 e. The number of aryl methyl sites for hydroxylation is 1. The first-order valence-electron chi connectivity index (χ1n) is 7.64. The predicted molar refractivity (Wildman–Crippen MR) is 88.5 cm³/mol. The summed E-state index contributed by atoms with van der Waals surface area (Å²) in [5.41, 5.74) is -0.464. The minimum atomic E-state index is -4.43. The molecule has 0 saturated carbocycles. The lowest BCUT2D eigenvalue weighted by Gasteiger charge is -2.09. The molecule has 2 aromatic carbocycles. The van der Waals surface area contributed by atoms with Crippen LogP contribution in [0.3, 0.4) is 0 Å². The Morgan fingerprint density at radius 1 is 1.08 bits per heavy atom. The number of carbonyl (C=O) groups excluding carboxylic acids is 1. The van der Waals surface area contributed by atoms with Crippen molar-refractivity contribution in [3.05, 3.63) is 64.4 Å². The van der Waals surface area contributed by atoms with Gasteiger partial charge in [-0.2, -0.15) is 13.2 Å². The zero-order valence-corrected chi connectivity index (χ0v) is 13.3. The van der Waals surface area contributed by atoms with Gasteiger partial charge >= 0.3 is 6.18 Å². The summed E-state index contributed by atoms with van der Waals surface area (Å²) < 4.78 is 38.6. The van der Waals surface area contributed by atoms with Gasteiger partial charge in [-0.25, -0.2) is 4.68 Å². The highest BCUT2D eigenvalue weighted by molar-refractivity contribution is 5.90. The molecule has 0 unspecified atom stereocenters. The van der Waals surface area contributed by atoms with Crippen molar-refractivity contribution in [2.45, 2.75) is 19.1 Å². The molecule has 0 radical (unpaired) electrons. The van der Waals surface area contributed by atoms with Crippen molar-refractivity contribution in [1.82, 2.24) is 15.0 Å². The van der Waals surface area contributed by atoms with Gasteiger partial charge in [0, 0.05) is 12.1 Å². The van der Waals surface area contributed by atoms with Crippen LogP contribution in [-0.4, -0.2) is 20.9 Å². The summed E-state index contributed by atoms with van der Waals surface area (Å²) in [7, 11) is 0. The van der Waals surface area contributed by atoms with Crippen LogP contribution < -0.4 is 10.9 Å². The Balaban J connectivity index is 1.64. The predicted octanol–water partition coefficient (Wildman–Crippen LogP) is 2.84. The summed E-state index contributed by atoms with van der Waals surface area (Å²) in [6.45, 7) is 0.00311. The minimum Gasteiger partial charge on any atom is -0.326 e. The second-order valence-electron chi connectivity index (χ2n) is 5.51. The van der Waals surface area contributed by atoms with E-state index in [1.807, 2.05) is 0 Å². The monoisotopic (exact) mass is 362 g/mol. The zero-order valence-electron chi connectivity index (χ0n) is 13.3. The van der Waals surface area contributed by atoms with Crippen LogP contribution in [0.25, 0.3) is 10.9 Å². The first-order chi connectivity index (χ1) is 12.3. The normalized spacial score (nSPS) is 11.5. The van der Waals surface area contributed by atoms with Crippen LogP contribution in [0, 0.1) is 0 Å². The number of amides is 1.